The number of hydrogen-bond acceptors (Lipinski definition) is 4. The van der Waals surface area contributed by atoms with Crippen LogP contribution in [0.1, 0.15) is 0 Å². The number of rotatable bonds is 1. The molecule has 0 aliphatic heterocycles. The second kappa shape index (κ2) is 2.91. The van der Waals surface area contributed by atoms with Crippen LogP contribution < -0.4 is 4.74 Å². The summed E-state index contributed by atoms with van der Waals surface area (Å²) in [6.07, 6.45) is 3.44. The number of hydrogen-bond donors (Lipinski definition) is 0. The van der Waals surface area contributed by atoms with Crippen LogP contribution in [0.5, 0.6) is 5.75 Å². The second-order valence-corrected chi connectivity index (χ2v) is 3.14. The lowest BCUT2D eigenvalue weighted by atomic mass is 10.3. The molecule has 1 aromatic carbocycles. The van der Waals surface area contributed by atoms with Gasteiger partial charge in [0.2, 0.25) is 0 Å². The summed E-state index contributed by atoms with van der Waals surface area (Å²) in [6, 6.07) is 5.58. The van der Waals surface area contributed by atoms with Gasteiger partial charge in [0.15, 0.2) is 0 Å². The molecule has 0 fully saturated rings. The molecule has 3 rings (SSSR count). The Morgan fingerprint density at radius 1 is 1.27 bits per heavy atom. The van der Waals surface area contributed by atoms with E-state index < -0.39 is 0 Å². The van der Waals surface area contributed by atoms with E-state index in [0.717, 1.165) is 16.8 Å². The Bertz CT molecular complexity index is 631. The first-order valence-corrected chi connectivity index (χ1v) is 4.52. The van der Waals surface area contributed by atoms with Gasteiger partial charge < -0.3 is 4.74 Å². The van der Waals surface area contributed by atoms with Gasteiger partial charge in [-0.3, -0.25) is 0 Å². The molecule has 0 aliphatic rings. The smallest absolute Gasteiger partial charge is 0.251 e. The minimum Gasteiger partial charge on any atom is -0.497 e. The van der Waals surface area contributed by atoms with Crippen molar-refractivity contribution in [2.24, 2.45) is 0 Å². The van der Waals surface area contributed by atoms with Crippen LogP contribution in [0.3, 0.4) is 0 Å². The molecule has 0 saturated heterocycles. The lowest BCUT2D eigenvalue weighted by Gasteiger charge is -2.01. The number of nitrogens with zero attached hydrogens (tertiary/aromatic N) is 4. The highest BCUT2D eigenvalue weighted by molar-refractivity contribution is 5.76. The first-order chi connectivity index (χ1) is 7.36. The predicted octanol–water partition coefficient (Wildman–Crippen LogP) is 1.29. The van der Waals surface area contributed by atoms with Crippen LogP contribution >= 0.6 is 0 Å². The maximum atomic E-state index is 5.12. The van der Waals surface area contributed by atoms with Crippen molar-refractivity contribution in [2.75, 3.05) is 7.11 Å². The molecule has 0 aliphatic carbocycles. The molecule has 2 aromatic heterocycles. The number of fused-ring (bicyclic) bond motifs is 2. The summed E-state index contributed by atoms with van der Waals surface area (Å²) < 4.78 is 6.76. The van der Waals surface area contributed by atoms with Crippen molar-refractivity contribution in [3.63, 3.8) is 0 Å². The summed E-state index contributed by atoms with van der Waals surface area (Å²) >= 11 is 0. The fraction of sp³-hybridized carbons (Fsp3) is 0.100. The van der Waals surface area contributed by atoms with E-state index in [1.54, 1.807) is 24.0 Å². The summed E-state index contributed by atoms with van der Waals surface area (Å²) in [5, 5.41) is 4.36. The molecule has 2 heterocycles. The van der Waals surface area contributed by atoms with E-state index in [2.05, 4.69) is 15.1 Å². The molecule has 15 heavy (non-hydrogen) atoms. The van der Waals surface area contributed by atoms with Crippen LogP contribution in [-0.4, -0.2) is 26.7 Å². The fourth-order valence-corrected chi connectivity index (χ4v) is 1.48. The molecule has 0 atom stereocenters. The largest absolute Gasteiger partial charge is 0.497 e. The first kappa shape index (κ1) is 8.16. The Labute approximate surface area is 85.3 Å². The number of imidazole rings is 1. The zero-order valence-corrected chi connectivity index (χ0v) is 8.08. The standard InChI is InChI=1S/C10H8N4O/c1-15-7-2-3-8-9(6-7)13-14-5-4-11-10(14)12-8/h2-6H,1H3. The van der Waals surface area contributed by atoms with Crippen LogP contribution in [0.15, 0.2) is 30.6 Å². The maximum absolute atomic E-state index is 5.12. The zero-order valence-electron chi connectivity index (χ0n) is 8.08. The fourth-order valence-electron chi connectivity index (χ4n) is 1.48. The van der Waals surface area contributed by atoms with Gasteiger partial charge in [0.05, 0.1) is 18.8 Å². The van der Waals surface area contributed by atoms with E-state index in [4.69, 9.17) is 4.74 Å². The van der Waals surface area contributed by atoms with Gasteiger partial charge in [0.1, 0.15) is 11.3 Å². The molecule has 0 N–H and O–H groups in total. The third kappa shape index (κ3) is 1.20. The van der Waals surface area contributed by atoms with Gasteiger partial charge in [0.25, 0.3) is 5.78 Å². The number of aromatic nitrogens is 4. The van der Waals surface area contributed by atoms with Gasteiger partial charge in [-0.25, -0.2) is 14.5 Å². The van der Waals surface area contributed by atoms with Crippen molar-refractivity contribution in [2.45, 2.75) is 0 Å². The summed E-state index contributed by atoms with van der Waals surface area (Å²) in [5.74, 6) is 1.38. The molecule has 5 heteroatoms. The third-order valence-electron chi connectivity index (χ3n) is 2.22. The molecule has 0 radical (unpaired) electrons. The minimum atomic E-state index is 0.604. The highest BCUT2D eigenvalue weighted by Gasteiger charge is 2.02. The molecule has 5 nitrogen and oxygen atoms in total. The molecular formula is C10H8N4O. The molecule has 74 valence electrons. The summed E-state index contributed by atoms with van der Waals surface area (Å²) in [5.41, 5.74) is 1.61. The number of methoxy groups -OCH3 is 1. The van der Waals surface area contributed by atoms with E-state index in [9.17, 15) is 0 Å². The summed E-state index contributed by atoms with van der Waals surface area (Å²) in [7, 11) is 1.63. The van der Waals surface area contributed by atoms with E-state index >= 15 is 0 Å². The Kier molecular flexibility index (Phi) is 1.58. The van der Waals surface area contributed by atoms with Gasteiger partial charge in [-0.2, -0.15) is 5.10 Å². The Balaban J connectivity index is 2.38. The Hall–Kier alpha value is -2.17. The van der Waals surface area contributed by atoms with Gasteiger partial charge in [-0.05, 0) is 12.1 Å². The summed E-state index contributed by atoms with van der Waals surface area (Å²) in [6.45, 7) is 0. The zero-order chi connectivity index (χ0) is 10.3. The number of benzene rings is 1. The molecule has 0 spiro atoms. The first-order valence-electron chi connectivity index (χ1n) is 4.52. The van der Waals surface area contributed by atoms with Crippen molar-refractivity contribution in [1.82, 2.24) is 19.6 Å². The van der Waals surface area contributed by atoms with Gasteiger partial charge in [-0.15, -0.1) is 0 Å². The maximum Gasteiger partial charge on any atom is 0.251 e. The van der Waals surface area contributed by atoms with Crippen LogP contribution in [-0.2, 0) is 0 Å². The molecule has 3 aromatic rings. The molecule has 0 unspecified atom stereocenters. The highest BCUT2D eigenvalue weighted by atomic mass is 16.5. The van der Waals surface area contributed by atoms with Crippen molar-refractivity contribution in [3.05, 3.63) is 30.6 Å². The average Bonchev–Trinajstić information content (AvgIpc) is 2.72. The Morgan fingerprint density at radius 2 is 2.20 bits per heavy atom. The number of ether oxygens (including phenoxy) is 1. The monoisotopic (exact) mass is 200 g/mol. The molecule has 0 amide bonds. The van der Waals surface area contributed by atoms with Crippen molar-refractivity contribution < 1.29 is 4.74 Å². The third-order valence-corrected chi connectivity index (χ3v) is 2.22. The van der Waals surface area contributed by atoms with E-state index in [0.29, 0.717) is 5.78 Å². The second-order valence-electron chi connectivity index (χ2n) is 3.14. The van der Waals surface area contributed by atoms with Gasteiger partial charge in [-0.1, -0.05) is 0 Å². The van der Waals surface area contributed by atoms with Crippen LogP contribution in [0.4, 0.5) is 0 Å². The summed E-state index contributed by atoms with van der Waals surface area (Å²) in [4.78, 5) is 8.42. The minimum absolute atomic E-state index is 0.604. The van der Waals surface area contributed by atoms with Crippen LogP contribution in [0.2, 0.25) is 0 Å². The lowest BCUT2D eigenvalue weighted by Crippen LogP contribution is -1.95. The van der Waals surface area contributed by atoms with Crippen LogP contribution in [0, 0.1) is 0 Å². The average molecular weight is 200 g/mol. The van der Waals surface area contributed by atoms with Crippen molar-refractivity contribution in [1.29, 1.82) is 0 Å². The highest BCUT2D eigenvalue weighted by Crippen LogP contribution is 2.17. The topological polar surface area (TPSA) is 52.3 Å². The van der Waals surface area contributed by atoms with Gasteiger partial charge in [0, 0.05) is 12.3 Å². The van der Waals surface area contributed by atoms with E-state index in [1.807, 2.05) is 18.2 Å². The normalized spacial score (nSPS) is 11.0. The molecular weight excluding hydrogens is 192 g/mol. The molecule has 0 saturated carbocycles. The van der Waals surface area contributed by atoms with Gasteiger partial charge >= 0.3 is 0 Å². The van der Waals surface area contributed by atoms with E-state index in [1.165, 1.54) is 0 Å². The molecule has 0 bridgehead atoms. The SMILES string of the molecule is COc1ccc2nc3nccn3nc2c1. The Morgan fingerprint density at radius 3 is 3.07 bits per heavy atom. The van der Waals surface area contributed by atoms with Crippen LogP contribution in [0.25, 0.3) is 16.8 Å². The van der Waals surface area contributed by atoms with Crippen molar-refractivity contribution in [3.8, 4) is 5.75 Å². The lowest BCUT2D eigenvalue weighted by molar-refractivity contribution is 0.415. The van der Waals surface area contributed by atoms with E-state index in [-0.39, 0.29) is 0 Å². The van der Waals surface area contributed by atoms with Crippen molar-refractivity contribution >= 4 is 16.8 Å². The predicted molar refractivity (Wildman–Crippen MR) is 54.8 cm³/mol. The quantitative estimate of drug-likeness (QED) is 0.593.